The second-order valence-corrected chi connectivity index (χ2v) is 3.87. The quantitative estimate of drug-likeness (QED) is 0.572. The highest BCUT2D eigenvalue weighted by Gasteiger charge is 2.11. The van der Waals surface area contributed by atoms with E-state index >= 15 is 0 Å². The van der Waals surface area contributed by atoms with E-state index in [-0.39, 0.29) is 29.4 Å². The van der Waals surface area contributed by atoms with Crippen LogP contribution in [0.2, 0.25) is 0 Å². The molecule has 0 saturated carbocycles. The van der Waals surface area contributed by atoms with Gasteiger partial charge in [-0.05, 0) is 23.1 Å². The molecule has 0 aliphatic carbocycles. The minimum absolute atomic E-state index is 0. The Labute approximate surface area is 91.4 Å². The van der Waals surface area contributed by atoms with Gasteiger partial charge in [0.1, 0.15) is 0 Å². The number of rotatable bonds is 0. The summed E-state index contributed by atoms with van der Waals surface area (Å²) in [7, 11) is 0. The lowest BCUT2D eigenvalue weighted by atomic mass is 9.87. The Balaban J connectivity index is 0.00000121. The highest BCUT2D eigenvalue weighted by molar-refractivity contribution is 14.0. The normalized spacial score (nSPS) is 10.6. The first-order chi connectivity index (χ1) is 5.00. The van der Waals surface area contributed by atoms with Gasteiger partial charge in [0, 0.05) is 5.69 Å². The van der Waals surface area contributed by atoms with Gasteiger partial charge in [-0.3, -0.25) is 0 Å². The van der Waals surface area contributed by atoms with Crippen molar-refractivity contribution >= 4 is 29.7 Å². The number of hydrogen-bond acceptors (Lipinski definition) is 1. The lowest BCUT2D eigenvalue weighted by Gasteiger charge is -2.18. The molecule has 0 heterocycles. The summed E-state index contributed by atoms with van der Waals surface area (Å²) in [6, 6.07) is 8.05. The molecule has 1 aromatic carbocycles. The summed E-state index contributed by atoms with van der Waals surface area (Å²) in [5.74, 6) is 0. The van der Waals surface area contributed by atoms with Crippen LogP contribution in [0.5, 0.6) is 0 Å². The van der Waals surface area contributed by atoms with Crippen LogP contribution in [0, 0.1) is 0 Å². The molecule has 0 radical (unpaired) electrons. The summed E-state index contributed by atoms with van der Waals surface area (Å²) < 4.78 is 0. The first kappa shape index (κ1) is 11.8. The van der Waals surface area contributed by atoms with Crippen molar-refractivity contribution in [1.29, 1.82) is 0 Å². The fraction of sp³-hybridized carbons (Fsp3) is 0.400. The highest BCUT2D eigenvalue weighted by atomic mass is 127. The molecule has 1 aromatic rings. The van der Waals surface area contributed by atoms with Gasteiger partial charge in [-0.2, -0.15) is 0 Å². The third-order valence-corrected chi connectivity index (χ3v) is 1.78. The van der Waals surface area contributed by atoms with Crippen molar-refractivity contribution in [2.24, 2.45) is 0 Å². The van der Waals surface area contributed by atoms with Crippen LogP contribution < -0.4 is 5.73 Å². The van der Waals surface area contributed by atoms with Gasteiger partial charge in [0.05, 0.1) is 0 Å². The van der Waals surface area contributed by atoms with Crippen molar-refractivity contribution in [2.75, 3.05) is 5.73 Å². The summed E-state index contributed by atoms with van der Waals surface area (Å²) in [5, 5.41) is 0. The molecule has 0 spiro atoms. The maximum absolute atomic E-state index is 5.57. The number of anilines is 1. The molecule has 0 amide bonds. The number of hydrogen-bond donors (Lipinski definition) is 1. The van der Waals surface area contributed by atoms with Crippen molar-refractivity contribution < 1.29 is 0 Å². The predicted molar refractivity (Wildman–Crippen MR) is 65.0 cm³/mol. The van der Waals surface area contributed by atoms with Gasteiger partial charge in [0.25, 0.3) is 0 Å². The second-order valence-electron chi connectivity index (χ2n) is 3.87. The fourth-order valence-corrected chi connectivity index (χ4v) is 0.983. The Bertz CT molecular complexity index is 233. The van der Waals surface area contributed by atoms with Gasteiger partial charge >= 0.3 is 0 Å². The Hall–Kier alpha value is -0.250. The SMILES string of the molecule is CC(C)(C)c1ccc(N)cc1.I. The third-order valence-electron chi connectivity index (χ3n) is 1.78. The highest BCUT2D eigenvalue weighted by Crippen LogP contribution is 2.22. The lowest BCUT2D eigenvalue weighted by molar-refractivity contribution is 0.590. The van der Waals surface area contributed by atoms with Crippen LogP contribution in [0.1, 0.15) is 26.3 Å². The molecule has 0 atom stereocenters. The topological polar surface area (TPSA) is 26.0 Å². The average molecular weight is 277 g/mol. The average Bonchev–Trinajstić information content (AvgIpc) is 1.86. The lowest BCUT2D eigenvalue weighted by Crippen LogP contribution is -2.10. The number of nitrogens with two attached hydrogens (primary N) is 1. The van der Waals surface area contributed by atoms with Crippen molar-refractivity contribution in [1.82, 2.24) is 0 Å². The molecule has 0 aliphatic rings. The molecule has 0 saturated heterocycles. The van der Waals surface area contributed by atoms with Gasteiger partial charge in [0.15, 0.2) is 0 Å². The van der Waals surface area contributed by atoms with E-state index in [1.54, 1.807) is 0 Å². The van der Waals surface area contributed by atoms with E-state index < -0.39 is 0 Å². The molecule has 1 nitrogen and oxygen atoms in total. The Morgan fingerprint density at radius 3 is 1.75 bits per heavy atom. The van der Waals surface area contributed by atoms with Gasteiger partial charge in [0.2, 0.25) is 0 Å². The van der Waals surface area contributed by atoms with E-state index in [1.807, 2.05) is 12.1 Å². The van der Waals surface area contributed by atoms with Crippen LogP contribution in [-0.2, 0) is 5.41 Å². The molecule has 1 rings (SSSR count). The van der Waals surface area contributed by atoms with Gasteiger partial charge in [-0.1, -0.05) is 32.9 Å². The molecule has 0 unspecified atom stereocenters. The van der Waals surface area contributed by atoms with Crippen molar-refractivity contribution in [3.63, 3.8) is 0 Å². The Kier molecular flexibility index (Phi) is 4.03. The number of benzene rings is 1. The summed E-state index contributed by atoms with van der Waals surface area (Å²) in [4.78, 5) is 0. The van der Waals surface area contributed by atoms with Crippen LogP contribution in [0.4, 0.5) is 5.69 Å². The maximum atomic E-state index is 5.57. The first-order valence-electron chi connectivity index (χ1n) is 3.86. The number of nitrogen functional groups attached to an aromatic ring is 1. The standard InChI is InChI=1S/C10H15N.HI/c1-10(2,3)8-4-6-9(11)7-5-8;/h4-7H,11H2,1-3H3;1H. The van der Waals surface area contributed by atoms with Crippen LogP contribution in [-0.4, -0.2) is 0 Å². The van der Waals surface area contributed by atoms with E-state index in [9.17, 15) is 0 Å². The molecule has 0 aliphatic heterocycles. The fourth-order valence-electron chi connectivity index (χ4n) is 0.983. The van der Waals surface area contributed by atoms with Crippen LogP contribution in [0.15, 0.2) is 24.3 Å². The monoisotopic (exact) mass is 277 g/mol. The molecule has 2 N–H and O–H groups in total. The van der Waals surface area contributed by atoms with E-state index in [1.165, 1.54) is 5.56 Å². The Morgan fingerprint density at radius 1 is 1.00 bits per heavy atom. The first-order valence-corrected chi connectivity index (χ1v) is 3.86. The molecule has 12 heavy (non-hydrogen) atoms. The zero-order chi connectivity index (χ0) is 8.48. The minimum Gasteiger partial charge on any atom is -0.399 e. The zero-order valence-corrected chi connectivity index (χ0v) is 10.1. The third kappa shape index (κ3) is 3.01. The molecule has 68 valence electrons. The largest absolute Gasteiger partial charge is 0.399 e. The maximum Gasteiger partial charge on any atom is 0.0314 e. The second kappa shape index (κ2) is 4.12. The van der Waals surface area contributed by atoms with Crippen molar-refractivity contribution in [3.05, 3.63) is 29.8 Å². The van der Waals surface area contributed by atoms with E-state index in [2.05, 4.69) is 32.9 Å². The van der Waals surface area contributed by atoms with Crippen LogP contribution >= 0.6 is 24.0 Å². The van der Waals surface area contributed by atoms with Crippen LogP contribution in [0.25, 0.3) is 0 Å². The Morgan fingerprint density at radius 2 is 1.42 bits per heavy atom. The molecular formula is C10H16IN. The summed E-state index contributed by atoms with van der Waals surface area (Å²) in [5.41, 5.74) is 7.96. The molecular weight excluding hydrogens is 261 g/mol. The van der Waals surface area contributed by atoms with Crippen molar-refractivity contribution in [3.8, 4) is 0 Å². The van der Waals surface area contributed by atoms with E-state index in [0.717, 1.165) is 5.69 Å². The minimum atomic E-state index is 0. The van der Waals surface area contributed by atoms with E-state index in [0.29, 0.717) is 0 Å². The number of halogens is 1. The van der Waals surface area contributed by atoms with Crippen molar-refractivity contribution in [2.45, 2.75) is 26.2 Å². The molecule has 0 aromatic heterocycles. The summed E-state index contributed by atoms with van der Waals surface area (Å²) >= 11 is 0. The molecule has 2 heteroatoms. The van der Waals surface area contributed by atoms with Gasteiger partial charge < -0.3 is 5.73 Å². The molecule has 0 fully saturated rings. The smallest absolute Gasteiger partial charge is 0.0314 e. The summed E-state index contributed by atoms with van der Waals surface area (Å²) in [6.07, 6.45) is 0. The predicted octanol–water partition coefficient (Wildman–Crippen LogP) is 3.18. The van der Waals surface area contributed by atoms with Crippen LogP contribution in [0.3, 0.4) is 0 Å². The van der Waals surface area contributed by atoms with Gasteiger partial charge in [-0.25, -0.2) is 0 Å². The van der Waals surface area contributed by atoms with E-state index in [4.69, 9.17) is 5.73 Å². The van der Waals surface area contributed by atoms with Gasteiger partial charge in [-0.15, -0.1) is 24.0 Å². The molecule has 0 bridgehead atoms. The zero-order valence-electron chi connectivity index (χ0n) is 7.79. The summed E-state index contributed by atoms with van der Waals surface area (Å²) in [6.45, 7) is 6.58.